The van der Waals surface area contributed by atoms with Crippen molar-refractivity contribution in [2.75, 3.05) is 31.7 Å². The van der Waals surface area contributed by atoms with Gasteiger partial charge in [-0.25, -0.2) is 4.39 Å². The number of rotatable bonds is 6. The van der Waals surface area contributed by atoms with Crippen molar-refractivity contribution < 1.29 is 14.2 Å². The van der Waals surface area contributed by atoms with Crippen molar-refractivity contribution in [3.05, 3.63) is 29.6 Å². The Morgan fingerprint density at radius 1 is 1.47 bits per heavy atom. The van der Waals surface area contributed by atoms with Crippen LogP contribution in [0.1, 0.15) is 25.5 Å². The average molecular weight is 241 g/mol. The Bertz CT molecular complexity index is 355. The monoisotopic (exact) mass is 241 g/mol. The molecule has 1 aromatic carbocycles. The highest BCUT2D eigenvalue weighted by Crippen LogP contribution is 2.28. The maximum atomic E-state index is 13.8. The minimum atomic E-state index is -0.685. The molecule has 0 aliphatic heterocycles. The van der Waals surface area contributed by atoms with E-state index in [4.69, 9.17) is 4.74 Å². The van der Waals surface area contributed by atoms with Crippen molar-refractivity contribution in [1.82, 2.24) is 0 Å². The van der Waals surface area contributed by atoms with Gasteiger partial charge in [0.1, 0.15) is 5.82 Å². The molecule has 0 aromatic heterocycles. The third kappa shape index (κ3) is 3.68. The van der Waals surface area contributed by atoms with Gasteiger partial charge in [0.15, 0.2) is 0 Å². The van der Waals surface area contributed by atoms with E-state index < -0.39 is 6.10 Å². The molecule has 1 atom stereocenters. The molecule has 17 heavy (non-hydrogen) atoms. The molecule has 0 saturated carbocycles. The second-order valence-electron chi connectivity index (χ2n) is 3.97. The predicted octanol–water partition coefficient (Wildman–Crippen LogP) is 2.35. The summed E-state index contributed by atoms with van der Waals surface area (Å²) in [5, 5.41) is 9.62. The van der Waals surface area contributed by atoms with Crippen molar-refractivity contribution in [2.45, 2.75) is 20.0 Å². The first-order valence-electron chi connectivity index (χ1n) is 5.83. The lowest BCUT2D eigenvalue weighted by Gasteiger charge is -2.24. The summed E-state index contributed by atoms with van der Waals surface area (Å²) >= 11 is 0. The van der Waals surface area contributed by atoms with Gasteiger partial charge >= 0.3 is 0 Å². The van der Waals surface area contributed by atoms with E-state index in [0.29, 0.717) is 31.0 Å². The second-order valence-corrected chi connectivity index (χ2v) is 3.97. The number of para-hydroxylation sites is 1. The number of halogens is 1. The van der Waals surface area contributed by atoms with Gasteiger partial charge in [0.05, 0.1) is 18.4 Å². The van der Waals surface area contributed by atoms with Crippen LogP contribution in [-0.2, 0) is 4.74 Å². The first-order chi connectivity index (χ1) is 8.07. The van der Waals surface area contributed by atoms with Crippen LogP contribution in [0.15, 0.2) is 18.2 Å². The SMILES string of the molecule is CCOCCN(C)c1c(F)cccc1C(C)O. The quantitative estimate of drug-likeness (QED) is 0.776. The van der Waals surface area contributed by atoms with Crippen LogP contribution in [0.25, 0.3) is 0 Å². The van der Waals surface area contributed by atoms with Gasteiger partial charge < -0.3 is 14.7 Å². The number of aliphatic hydroxyl groups is 1. The largest absolute Gasteiger partial charge is 0.389 e. The van der Waals surface area contributed by atoms with Gasteiger partial charge in [-0.2, -0.15) is 0 Å². The van der Waals surface area contributed by atoms with Gasteiger partial charge in [-0.1, -0.05) is 12.1 Å². The number of benzene rings is 1. The number of aliphatic hydroxyl groups excluding tert-OH is 1. The Kier molecular flexibility index (Phi) is 5.38. The highest BCUT2D eigenvalue weighted by atomic mass is 19.1. The van der Waals surface area contributed by atoms with Crippen molar-refractivity contribution in [2.24, 2.45) is 0 Å². The van der Waals surface area contributed by atoms with Crippen LogP contribution in [0.3, 0.4) is 0 Å². The van der Waals surface area contributed by atoms with Gasteiger partial charge in [0.25, 0.3) is 0 Å². The smallest absolute Gasteiger partial charge is 0.146 e. The fourth-order valence-electron chi connectivity index (χ4n) is 1.73. The summed E-state index contributed by atoms with van der Waals surface area (Å²) in [6, 6.07) is 4.75. The lowest BCUT2D eigenvalue weighted by Crippen LogP contribution is -2.25. The van der Waals surface area contributed by atoms with E-state index in [1.807, 2.05) is 6.92 Å². The molecule has 0 aliphatic rings. The van der Waals surface area contributed by atoms with Gasteiger partial charge in [-0.3, -0.25) is 0 Å². The summed E-state index contributed by atoms with van der Waals surface area (Å²) in [4.78, 5) is 1.77. The van der Waals surface area contributed by atoms with Crippen molar-refractivity contribution in [3.8, 4) is 0 Å². The van der Waals surface area contributed by atoms with Crippen molar-refractivity contribution in [1.29, 1.82) is 0 Å². The van der Waals surface area contributed by atoms with E-state index in [0.717, 1.165) is 0 Å². The summed E-state index contributed by atoms with van der Waals surface area (Å²) in [6.45, 7) is 5.34. The molecule has 4 heteroatoms. The van der Waals surface area contributed by atoms with Gasteiger partial charge in [0.2, 0.25) is 0 Å². The maximum Gasteiger partial charge on any atom is 0.146 e. The van der Waals surface area contributed by atoms with Crippen LogP contribution in [0.4, 0.5) is 10.1 Å². The summed E-state index contributed by atoms with van der Waals surface area (Å²) < 4.78 is 19.0. The minimum Gasteiger partial charge on any atom is -0.389 e. The number of anilines is 1. The van der Waals surface area contributed by atoms with Crippen LogP contribution in [0.2, 0.25) is 0 Å². The first kappa shape index (κ1) is 13.9. The summed E-state index contributed by atoms with van der Waals surface area (Å²) in [7, 11) is 1.79. The zero-order valence-electron chi connectivity index (χ0n) is 10.6. The number of likely N-dealkylation sites (N-methyl/N-ethyl adjacent to an activating group) is 1. The average Bonchev–Trinajstić information content (AvgIpc) is 2.28. The summed E-state index contributed by atoms with van der Waals surface area (Å²) in [5.74, 6) is -0.317. The maximum absolute atomic E-state index is 13.8. The summed E-state index contributed by atoms with van der Waals surface area (Å²) in [6.07, 6.45) is -0.685. The zero-order valence-corrected chi connectivity index (χ0v) is 10.6. The van der Waals surface area contributed by atoms with Crippen molar-refractivity contribution in [3.63, 3.8) is 0 Å². The second kappa shape index (κ2) is 6.57. The van der Waals surface area contributed by atoms with Gasteiger partial charge in [-0.05, 0) is 19.9 Å². The molecule has 0 amide bonds. The van der Waals surface area contributed by atoms with Gasteiger partial charge in [-0.15, -0.1) is 0 Å². The normalized spacial score (nSPS) is 12.5. The molecule has 1 unspecified atom stereocenters. The summed E-state index contributed by atoms with van der Waals surface area (Å²) in [5.41, 5.74) is 1.05. The Morgan fingerprint density at radius 2 is 2.18 bits per heavy atom. The molecule has 1 N–H and O–H groups in total. The Hall–Kier alpha value is -1.13. The standard InChI is InChI=1S/C13H20FNO2/c1-4-17-9-8-15(3)13-11(10(2)16)6-5-7-12(13)14/h5-7,10,16H,4,8-9H2,1-3H3. The number of hydrogen-bond donors (Lipinski definition) is 1. The lowest BCUT2D eigenvalue weighted by atomic mass is 10.1. The molecule has 0 radical (unpaired) electrons. The Labute approximate surface area is 102 Å². The molecule has 0 bridgehead atoms. The molecule has 0 aliphatic carbocycles. The molecule has 1 aromatic rings. The molecular formula is C13H20FNO2. The van der Waals surface area contributed by atoms with E-state index in [9.17, 15) is 9.50 Å². The van der Waals surface area contributed by atoms with Crippen molar-refractivity contribution >= 4 is 5.69 Å². The molecule has 0 saturated heterocycles. The van der Waals surface area contributed by atoms with E-state index in [-0.39, 0.29) is 5.82 Å². The molecule has 1 rings (SSSR count). The third-order valence-electron chi connectivity index (χ3n) is 2.62. The van der Waals surface area contributed by atoms with Crippen LogP contribution in [0.5, 0.6) is 0 Å². The topological polar surface area (TPSA) is 32.7 Å². The van der Waals surface area contributed by atoms with Crippen LogP contribution in [0, 0.1) is 5.82 Å². The van der Waals surface area contributed by atoms with E-state index in [2.05, 4.69) is 0 Å². The van der Waals surface area contributed by atoms with Crippen LogP contribution in [-0.4, -0.2) is 31.9 Å². The fourth-order valence-corrected chi connectivity index (χ4v) is 1.73. The lowest BCUT2D eigenvalue weighted by molar-refractivity contribution is 0.154. The highest BCUT2D eigenvalue weighted by molar-refractivity contribution is 5.55. The predicted molar refractivity (Wildman–Crippen MR) is 66.8 cm³/mol. The molecule has 0 fully saturated rings. The van der Waals surface area contributed by atoms with Gasteiger partial charge in [0, 0.05) is 25.8 Å². The number of hydrogen-bond acceptors (Lipinski definition) is 3. The van der Waals surface area contributed by atoms with Crippen LogP contribution >= 0.6 is 0 Å². The third-order valence-corrected chi connectivity index (χ3v) is 2.62. The van der Waals surface area contributed by atoms with Crippen LogP contribution < -0.4 is 4.90 Å². The Morgan fingerprint density at radius 3 is 2.76 bits per heavy atom. The van der Waals surface area contributed by atoms with E-state index in [1.165, 1.54) is 6.07 Å². The van der Waals surface area contributed by atoms with E-state index >= 15 is 0 Å². The fraction of sp³-hybridized carbons (Fsp3) is 0.538. The number of nitrogens with zero attached hydrogens (tertiary/aromatic N) is 1. The minimum absolute atomic E-state index is 0.317. The highest BCUT2D eigenvalue weighted by Gasteiger charge is 2.15. The zero-order chi connectivity index (χ0) is 12.8. The molecule has 0 spiro atoms. The van der Waals surface area contributed by atoms with E-state index in [1.54, 1.807) is 31.0 Å². The molecule has 96 valence electrons. The molecule has 0 heterocycles. The number of ether oxygens (including phenoxy) is 1. The Balaban J connectivity index is 2.87. The molecular weight excluding hydrogens is 221 g/mol. The molecule has 3 nitrogen and oxygen atoms in total. The first-order valence-corrected chi connectivity index (χ1v) is 5.83.